The number of hydrogen-bond acceptors (Lipinski definition) is 6. The number of halogens is 1. The normalized spacial score (nSPS) is 11.8. The molecule has 8 nitrogen and oxygen atoms in total. The molecule has 0 aliphatic carbocycles. The molecule has 1 aromatic heterocycles. The van der Waals surface area contributed by atoms with Gasteiger partial charge in [0.15, 0.2) is 0 Å². The first-order valence-corrected chi connectivity index (χ1v) is 14.2. The minimum absolute atomic E-state index is 0.0508. The summed E-state index contributed by atoms with van der Waals surface area (Å²) in [4.78, 5) is 44.0. The highest BCUT2D eigenvalue weighted by Gasteiger charge is 2.19. The zero-order valence-corrected chi connectivity index (χ0v) is 24.8. The summed E-state index contributed by atoms with van der Waals surface area (Å²) in [6.07, 6.45) is 4.77. The lowest BCUT2D eigenvalue weighted by atomic mass is 10.2. The molecule has 4 aromatic rings. The average Bonchev–Trinajstić information content (AvgIpc) is 2.99. The lowest BCUT2D eigenvalue weighted by Gasteiger charge is -2.16. The van der Waals surface area contributed by atoms with Gasteiger partial charge in [0.05, 0.1) is 18.0 Å². The maximum atomic E-state index is 13.3. The van der Waals surface area contributed by atoms with Crippen LogP contribution < -0.4 is 20.7 Å². The van der Waals surface area contributed by atoms with Crippen LogP contribution in [0, 0.1) is 6.92 Å². The highest BCUT2D eigenvalue weighted by Crippen LogP contribution is 2.32. The molecule has 0 spiro atoms. The third-order valence-electron chi connectivity index (χ3n) is 6.04. The van der Waals surface area contributed by atoms with E-state index in [9.17, 15) is 14.4 Å². The Morgan fingerprint density at radius 1 is 0.976 bits per heavy atom. The van der Waals surface area contributed by atoms with Gasteiger partial charge in [-0.25, -0.2) is 0 Å². The Bertz CT molecular complexity index is 1610. The number of pyridine rings is 1. The molecule has 10 heteroatoms. The van der Waals surface area contributed by atoms with Crippen molar-refractivity contribution in [3.05, 3.63) is 119 Å². The maximum Gasteiger partial charge on any atom is 0.272 e. The zero-order chi connectivity index (χ0) is 30.1. The highest BCUT2D eigenvalue weighted by molar-refractivity contribution is 8.00. The molecule has 0 aliphatic rings. The van der Waals surface area contributed by atoms with Crippen LogP contribution in [-0.4, -0.2) is 35.1 Å². The van der Waals surface area contributed by atoms with Gasteiger partial charge >= 0.3 is 0 Å². The first kappa shape index (κ1) is 30.4. The fraction of sp³-hybridized carbons (Fsp3) is 0.125. The number of aromatic nitrogens is 1. The third kappa shape index (κ3) is 8.22. The molecular formula is C32H29ClN4O4S. The van der Waals surface area contributed by atoms with Crippen molar-refractivity contribution in [1.29, 1.82) is 0 Å². The van der Waals surface area contributed by atoms with Crippen molar-refractivity contribution < 1.29 is 19.1 Å². The standard InChI is InChI=1S/C32H29ClN4O4S/c1-20-15-27(29(41-3)18-26(20)33)36-30(38)21(2)42-25-13-7-12-24(17-25)35-32(40)28(16-22-9-8-14-34-19-22)37-31(39)23-10-5-4-6-11-23/h4-19,21H,1-3H3,(H,35,40)(H,36,38)(H,37,39)/b28-16-. The number of ether oxygens (including phenoxy) is 1. The third-order valence-corrected chi connectivity index (χ3v) is 7.54. The van der Waals surface area contributed by atoms with Crippen LogP contribution in [0.4, 0.5) is 11.4 Å². The Hall–Kier alpha value is -4.60. The van der Waals surface area contributed by atoms with E-state index in [-0.39, 0.29) is 11.6 Å². The number of hydrogen-bond donors (Lipinski definition) is 3. The number of amides is 3. The maximum absolute atomic E-state index is 13.3. The van der Waals surface area contributed by atoms with E-state index in [2.05, 4.69) is 20.9 Å². The molecule has 1 unspecified atom stereocenters. The van der Waals surface area contributed by atoms with Gasteiger partial charge in [-0.3, -0.25) is 19.4 Å². The van der Waals surface area contributed by atoms with E-state index >= 15 is 0 Å². The molecule has 0 saturated carbocycles. The van der Waals surface area contributed by atoms with Crippen molar-refractivity contribution in [3.63, 3.8) is 0 Å². The molecule has 1 heterocycles. The summed E-state index contributed by atoms with van der Waals surface area (Å²) in [5.74, 6) is -0.686. The highest BCUT2D eigenvalue weighted by atomic mass is 35.5. The minimum Gasteiger partial charge on any atom is -0.495 e. The molecule has 0 radical (unpaired) electrons. The second-order valence-corrected chi connectivity index (χ2v) is 11.0. The second kappa shape index (κ2) is 14.3. The Kier molecular flexibility index (Phi) is 10.4. The second-order valence-electron chi connectivity index (χ2n) is 9.20. The van der Waals surface area contributed by atoms with Crippen molar-refractivity contribution in [2.75, 3.05) is 17.7 Å². The zero-order valence-electron chi connectivity index (χ0n) is 23.2. The van der Waals surface area contributed by atoms with Crippen molar-refractivity contribution in [1.82, 2.24) is 10.3 Å². The van der Waals surface area contributed by atoms with Crippen LogP contribution in [0.3, 0.4) is 0 Å². The summed E-state index contributed by atoms with van der Waals surface area (Å²) in [5, 5.41) is 8.53. The van der Waals surface area contributed by atoms with E-state index in [0.717, 1.165) is 10.5 Å². The van der Waals surface area contributed by atoms with Crippen LogP contribution in [-0.2, 0) is 9.59 Å². The van der Waals surface area contributed by atoms with Gasteiger partial charge in [0.1, 0.15) is 11.4 Å². The molecule has 1 atom stereocenters. The SMILES string of the molecule is COc1cc(Cl)c(C)cc1NC(=O)C(C)Sc1cccc(NC(=O)/C(=C/c2cccnc2)NC(=O)c2ccccc2)c1. The molecule has 4 rings (SSSR count). The predicted octanol–water partition coefficient (Wildman–Crippen LogP) is 6.58. The molecule has 0 fully saturated rings. The molecule has 214 valence electrons. The van der Waals surface area contributed by atoms with Crippen molar-refractivity contribution >= 4 is 58.5 Å². The van der Waals surface area contributed by atoms with E-state index in [4.69, 9.17) is 16.3 Å². The minimum atomic E-state index is -0.513. The number of carbonyl (C=O) groups excluding carboxylic acids is 3. The van der Waals surface area contributed by atoms with Gasteiger partial charge in [0, 0.05) is 39.6 Å². The quantitative estimate of drug-likeness (QED) is 0.140. The van der Waals surface area contributed by atoms with Gasteiger partial charge in [-0.15, -0.1) is 11.8 Å². The molecule has 0 bridgehead atoms. The fourth-order valence-corrected chi connectivity index (χ4v) is 4.92. The van der Waals surface area contributed by atoms with Crippen LogP contribution in [0.1, 0.15) is 28.4 Å². The summed E-state index contributed by atoms with van der Waals surface area (Å²) in [6.45, 7) is 3.63. The Balaban J connectivity index is 1.47. The smallest absolute Gasteiger partial charge is 0.272 e. The summed E-state index contributed by atoms with van der Waals surface area (Å²) >= 11 is 7.51. The summed E-state index contributed by atoms with van der Waals surface area (Å²) in [6, 6.07) is 22.7. The van der Waals surface area contributed by atoms with Crippen molar-refractivity contribution in [3.8, 4) is 5.75 Å². The van der Waals surface area contributed by atoms with Crippen molar-refractivity contribution in [2.45, 2.75) is 24.0 Å². The number of benzene rings is 3. The first-order valence-electron chi connectivity index (χ1n) is 12.9. The molecule has 3 N–H and O–H groups in total. The predicted molar refractivity (Wildman–Crippen MR) is 168 cm³/mol. The van der Waals surface area contributed by atoms with Crippen LogP contribution >= 0.6 is 23.4 Å². The van der Waals surface area contributed by atoms with Crippen LogP contribution in [0.15, 0.2) is 102 Å². The van der Waals surface area contributed by atoms with Crippen LogP contribution in [0.2, 0.25) is 5.02 Å². The van der Waals surface area contributed by atoms with E-state index in [0.29, 0.717) is 33.3 Å². The monoisotopic (exact) mass is 600 g/mol. The van der Waals surface area contributed by atoms with Gasteiger partial charge in [-0.1, -0.05) is 41.9 Å². The summed E-state index contributed by atoms with van der Waals surface area (Å²) in [5.41, 5.74) is 2.96. The number of anilines is 2. The Morgan fingerprint density at radius 2 is 1.76 bits per heavy atom. The van der Waals surface area contributed by atoms with E-state index in [1.54, 1.807) is 98.2 Å². The van der Waals surface area contributed by atoms with E-state index in [1.807, 2.05) is 13.0 Å². The summed E-state index contributed by atoms with van der Waals surface area (Å²) < 4.78 is 5.36. The largest absolute Gasteiger partial charge is 0.495 e. The number of rotatable bonds is 10. The van der Waals surface area contributed by atoms with Crippen LogP contribution in [0.25, 0.3) is 6.08 Å². The van der Waals surface area contributed by atoms with Gasteiger partial charge in [-0.05, 0) is 73.5 Å². The number of nitrogens with zero attached hydrogens (tertiary/aromatic N) is 1. The van der Waals surface area contributed by atoms with Crippen molar-refractivity contribution in [2.24, 2.45) is 0 Å². The topological polar surface area (TPSA) is 109 Å². The number of aryl methyl sites for hydroxylation is 1. The van der Waals surface area contributed by atoms with E-state index < -0.39 is 17.1 Å². The number of methoxy groups -OCH3 is 1. The summed E-state index contributed by atoms with van der Waals surface area (Å²) in [7, 11) is 1.51. The lowest BCUT2D eigenvalue weighted by molar-refractivity contribution is -0.115. The lowest BCUT2D eigenvalue weighted by Crippen LogP contribution is -2.30. The number of carbonyl (C=O) groups is 3. The average molecular weight is 601 g/mol. The molecule has 42 heavy (non-hydrogen) atoms. The van der Waals surface area contributed by atoms with Gasteiger partial charge < -0.3 is 20.7 Å². The first-order chi connectivity index (χ1) is 20.2. The number of nitrogens with one attached hydrogen (secondary N) is 3. The fourth-order valence-electron chi connectivity index (χ4n) is 3.84. The van der Waals surface area contributed by atoms with Gasteiger partial charge in [-0.2, -0.15) is 0 Å². The van der Waals surface area contributed by atoms with Gasteiger partial charge in [0.25, 0.3) is 11.8 Å². The molecule has 3 amide bonds. The van der Waals surface area contributed by atoms with Crippen LogP contribution in [0.5, 0.6) is 5.75 Å². The van der Waals surface area contributed by atoms with Gasteiger partial charge in [0.2, 0.25) is 5.91 Å². The van der Waals surface area contributed by atoms with E-state index in [1.165, 1.54) is 18.9 Å². The molecule has 3 aromatic carbocycles. The molecule has 0 aliphatic heterocycles. The Labute approximate surface area is 253 Å². The molecule has 0 saturated heterocycles. The Morgan fingerprint density at radius 3 is 2.48 bits per heavy atom. The number of thioether (sulfide) groups is 1. The molecular weight excluding hydrogens is 572 g/mol.